The SMILES string of the molecule is CCC(C)C(CC)C(C(C)CC)C(C)NC(=O)CCSSCCC(=O)NC. The topological polar surface area (TPSA) is 58.2 Å². The van der Waals surface area contributed by atoms with E-state index in [1.54, 1.807) is 28.6 Å². The summed E-state index contributed by atoms with van der Waals surface area (Å²) in [5.41, 5.74) is 0. The molecule has 0 aromatic carbocycles. The number of hydrogen-bond donors (Lipinski definition) is 2. The van der Waals surface area contributed by atoms with Crippen LogP contribution in [0, 0.1) is 23.7 Å². The van der Waals surface area contributed by atoms with Crippen LogP contribution in [0.5, 0.6) is 0 Å². The first kappa shape index (κ1) is 26.6. The van der Waals surface area contributed by atoms with Crippen LogP contribution >= 0.6 is 21.6 Å². The maximum atomic E-state index is 12.4. The van der Waals surface area contributed by atoms with Crippen molar-refractivity contribution in [3.05, 3.63) is 0 Å². The summed E-state index contributed by atoms with van der Waals surface area (Å²) in [5, 5.41) is 5.90. The lowest BCUT2D eigenvalue weighted by atomic mass is 9.70. The quantitative estimate of drug-likeness (QED) is 0.286. The zero-order valence-electron chi connectivity index (χ0n) is 18.5. The van der Waals surface area contributed by atoms with Gasteiger partial charge in [0.1, 0.15) is 0 Å². The molecule has 2 amide bonds. The number of hydrogen-bond acceptors (Lipinski definition) is 4. The molecule has 0 fully saturated rings. The van der Waals surface area contributed by atoms with Crippen LogP contribution in [-0.4, -0.2) is 36.4 Å². The molecule has 0 saturated carbocycles. The van der Waals surface area contributed by atoms with Crippen LogP contribution < -0.4 is 10.6 Å². The predicted octanol–water partition coefficient (Wildman–Crippen LogP) is 5.13. The highest BCUT2D eigenvalue weighted by atomic mass is 33.1. The third kappa shape index (κ3) is 10.7. The number of carbonyl (C=O) groups is 2. The lowest BCUT2D eigenvalue weighted by Gasteiger charge is -2.39. The van der Waals surface area contributed by atoms with E-state index in [2.05, 4.69) is 52.2 Å². The fourth-order valence-electron chi connectivity index (χ4n) is 3.85. The lowest BCUT2D eigenvalue weighted by Crippen LogP contribution is -2.45. The number of rotatable bonds is 15. The second-order valence-corrected chi connectivity index (χ2v) is 10.3. The van der Waals surface area contributed by atoms with Crippen LogP contribution in [0.15, 0.2) is 0 Å². The van der Waals surface area contributed by atoms with E-state index in [1.165, 1.54) is 12.8 Å². The summed E-state index contributed by atoms with van der Waals surface area (Å²) in [5.74, 6) is 4.24. The molecule has 0 aromatic rings. The Bertz CT molecular complexity index is 421. The van der Waals surface area contributed by atoms with E-state index in [0.29, 0.717) is 36.5 Å². The minimum absolute atomic E-state index is 0.0672. The Morgan fingerprint density at radius 1 is 0.815 bits per heavy atom. The van der Waals surface area contributed by atoms with Gasteiger partial charge in [-0.3, -0.25) is 9.59 Å². The summed E-state index contributed by atoms with van der Waals surface area (Å²) >= 11 is 0. The summed E-state index contributed by atoms with van der Waals surface area (Å²) in [7, 11) is 4.99. The van der Waals surface area contributed by atoms with Crippen molar-refractivity contribution in [2.24, 2.45) is 23.7 Å². The van der Waals surface area contributed by atoms with Crippen LogP contribution in [0.25, 0.3) is 0 Å². The second-order valence-electron chi connectivity index (χ2n) is 7.59. The van der Waals surface area contributed by atoms with Crippen LogP contribution in [0.2, 0.25) is 0 Å². The highest BCUT2D eigenvalue weighted by Gasteiger charge is 2.33. The molecule has 2 N–H and O–H groups in total. The largest absolute Gasteiger partial charge is 0.359 e. The Hall–Kier alpha value is -0.360. The third-order valence-corrected chi connectivity index (χ3v) is 8.20. The van der Waals surface area contributed by atoms with Gasteiger partial charge >= 0.3 is 0 Å². The van der Waals surface area contributed by atoms with Gasteiger partial charge in [-0.25, -0.2) is 0 Å². The van der Waals surface area contributed by atoms with Crippen LogP contribution in [0.3, 0.4) is 0 Å². The van der Waals surface area contributed by atoms with Gasteiger partial charge < -0.3 is 10.6 Å². The summed E-state index contributed by atoms with van der Waals surface area (Å²) in [6.07, 6.45) is 4.57. The van der Waals surface area contributed by atoms with Gasteiger partial charge in [0.05, 0.1) is 0 Å². The van der Waals surface area contributed by atoms with E-state index in [9.17, 15) is 9.59 Å². The van der Waals surface area contributed by atoms with Gasteiger partial charge in [0.2, 0.25) is 11.8 Å². The van der Waals surface area contributed by atoms with Crippen molar-refractivity contribution in [3.8, 4) is 0 Å². The molecule has 5 unspecified atom stereocenters. The smallest absolute Gasteiger partial charge is 0.221 e. The molecule has 6 heteroatoms. The maximum absolute atomic E-state index is 12.4. The second kappa shape index (κ2) is 15.5. The molecule has 0 heterocycles. The normalized spacial score (nSPS) is 16.9. The molecule has 160 valence electrons. The Kier molecular flexibility index (Phi) is 15.3. The monoisotopic (exact) mass is 418 g/mol. The van der Waals surface area contributed by atoms with E-state index in [1.807, 2.05) is 0 Å². The Morgan fingerprint density at radius 2 is 1.33 bits per heavy atom. The summed E-state index contributed by atoms with van der Waals surface area (Å²) in [6, 6.07) is 0.206. The molecule has 0 aromatic heterocycles. The molecule has 0 radical (unpaired) electrons. The predicted molar refractivity (Wildman–Crippen MR) is 122 cm³/mol. The first-order valence-corrected chi connectivity index (χ1v) is 13.0. The molecular weight excluding hydrogens is 376 g/mol. The molecule has 0 aliphatic carbocycles. The van der Waals surface area contributed by atoms with Gasteiger partial charge in [-0.15, -0.1) is 0 Å². The number of amides is 2. The molecule has 0 saturated heterocycles. The standard InChI is InChI=1S/C21H42N2O2S2/c1-8-15(4)18(10-3)21(16(5)9-2)17(6)23-20(25)12-14-27-26-13-11-19(24)22-7/h15-18,21H,8-14H2,1-7H3,(H,22,24)(H,23,25). The van der Waals surface area contributed by atoms with Crippen LogP contribution in [0.1, 0.15) is 73.6 Å². The van der Waals surface area contributed by atoms with E-state index < -0.39 is 0 Å². The molecule has 5 atom stereocenters. The van der Waals surface area contributed by atoms with Gasteiger partial charge in [-0.05, 0) is 30.6 Å². The Morgan fingerprint density at radius 3 is 1.78 bits per heavy atom. The molecule has 0 aliphatic heterocycles. The maximum Gasteiger partial charge on any atom is 0.221 e. The van der Waals surface area contributed by atoms with E-state index in [-0.39, 0.29) is 17.9 Å². The average Bonchev–Trinajstić information content (AvgIpc) is 2.66. The average molecular weight is 419 g/mol. The zero-order valence-corrected chi connectivity index (χ0v) is 20.1. The zero-order chi connectivity index (χ0) is 20.8. The summed E-state index contributed by atoms with van der Waals surface area (Å²) in [4.78, 5) is 23.6. The Labute approximate surface area is 175 Å². The third-order valence-electron chi connectivity index (χ3n) is 5.79. The van der Waals surface area contributed by atoms with Crippen LogP contribution in [-0.2, 0) is 9.59 Å². The highest BCUT2D eigenvalue weighted by Crippen LogP contribution is 2.35. The Balaban J connectivity index is 4.46. The fourth-order valence-corrected chi connectivity index (χ4v) is 5.83. The van der Waals surface area contributed by atoms with E-state index >= 15 is 0 Å². The van der Waals surface area contributed by atoms with Gasteiger partial charge in [0, 0.05) is 37.4 Å². The number of nitrogens with one attached hydrogen (secondary N) is 2. The van der Waals surface area contributed by atoms with Crippen molar-refractivity contribution in [1.29, 1.82) is 0 Å². The lowest BCUT2D eigenvalue weighted by molar-refractivity contribution is -0.122. The molecule has 0 rings (SSSR count). The van der Waals surface area contributed by atoms with E-state index in [0.717, 1.165) is 17.9 Å². The molecule has 0 aliphatic rings. The minimum Gasteiger partial charge on any atom is -0.359 e. The van der Waals surface area contributed by atoms with Crippen molar-refractivity contribution >= 4 is 33.4 Å². The summed E-state index contributed by atoms with van der Waals surface area (Å²) < 4.78 is 0. The first-order valence-electron chi connectivity index (χ1n) is 10.6. The van der Waals surface area contributed by atoms with Gasteiger partial charge in [0.25, 0.3) is 0 Å². The number of carbonyl (C=O) groups excluding carboxylic acids is 2. The first-order chi connectivity index (χ1) is 12.8. The van der Waals surface area contributed by atoms with Crippen molar-refractivity contribution in [1.82, 2.24) is 10.6 Å². The van der Waals surface area contributed by atoms with Crippen LogP contribution in [0.4, 0.5) is 0 Å². The van der Waals surface area contributed by atoms with Gasteiger partial charge in [0.15, 0.2) is 0 Å². The van der Waals surface area contributed by atoms with Crippen molar-refractivity contribution in [2.45, 2.75) is 79.7 Å². The van der Waals surface area contributed by atoms with Crippen molar-refractivity contribution in [2.75, 3.05) is 18.6 Å². The highest BCUT2D eigenvalue weighted by molar-refractivity contribution is 8.76. The summed E-state index contributed by atoms with van der Waals surface area (Å²) in [6.45, 7) is 13.7. The van der Waals surface area contributed by atoms with E-state index in [4.69, 9.17) is 0 Å². The van der Waals surface area contributed by atoms with Gasteiger partial charge in [-0.2, -0.15) is 0 Å². The van der Waals surface area contributed by atoms with Gasteiger partial charge in [-0.1, -0.05) is 75.5 Å². The molecule has 4 nitrogen and oxygen atoms in total. The molecular formula is C21H42N2O2S2. The fraction of sp³-hybridized carbons (Fsp3) is 0.905. The molecule has 0 spiro atoms. The van der Waals surface area contributed by atoms with Crippen molar-refractivity contribution in [3.63, 3.8) is 0 Å². The minimum atomic E-state index is 0.0672. The molecule has 0 bridgehead atoms. The van der Waals surface area contributed by atoms with Crippen molar-refractivity contribution < 1.29 is 9.59 Å². The molecule has 27 heavy (non-hydrogen) atoms.